The van der Waals surface area contributed by atoms with Gasteiger partial charge in [-0.25, -0.2) is 0 Å². The fraction of sp³-hybridized carbons (Fsp3) is 0.125. The number of Topliss-reactive ketones (excluding diaryl/α,β-unsaturated/α-hetero) is 1. The van der Waals surface area contributed by atoms with Crippen molar-refractivity contribution in [3.8, 4) is 0 Å². The Labute approximate surface area is 128 Å². The molecule has 0 unspecified atom stereocenters. The molecule has 2 aromatic carbocycles. The van der Waals surface area contributed by atoms with Gasteiger partial charge in [-0.05, 0) is 43.3 Å². The van der Waals surface area contributed by atoms with Crippen molar-refractivity contribution >= 4 is 34.7 Å². The van der Waals surface area contributed by atoms with Crippen molar-refractivity contribution in [2.24, 2.45) is 0 Å². The van der Waals surface area contributed by atoms with Gasteiger partial charge < -0.3 is 10.6 Å². The molecule has 1 amide bonds. The van der Waals surface area contributed by atoms with Gasteiger partial charge in [-0.1, -0.05) is 23.7 Å². The van der Waals surface area contributed by atoms with Crippen LogP contribution in [0.15, 0.2) is 48.5 Å². The lowest BCUT2D eigenvalue weighted by atomic mass is 10.1. The summed E-state index contributed by atoms with van der Waals surface area (Å²) in [5.74, 6) is -0.184. The molecule has 2 rings (SSSR count). The second kappa shape index (κ2) is 6.90. The summed E-state index contributed by atoms with van der Waals surface area (Å²) in [6.07, 6.45) is 0. The first-order valence-electron chi connectivity index (χ1n) is 6.45. The minimum Gasteiger partial charge on any atom is -0.376 e. The van der Waals surface area contributed by atoms with Crippen molar-refractivity contribution in [3.63, 3.8) is 0 Å². The third-order valence-electron chi connectivity index (χ3n) is 2.89. The number of hydrogen-bond donors (Lipinski definition) is 2. The van der Waals surface area contributed by atoms with Crippen LogP contribution in [-0.4, -0.2) is 18.2 Å². The van der Waals surface area contributed by atoms with Gasteiger partial charge in [-0.15, -0.1) is 0 Å². The van der Waals surface area contributed by atoms with Gasteiger partial charge in [0.25, 0.3) is 0 Å². The maximum Gasteiger partial charge on any atom is 0.243 e. The van der Waals surface area contributed by atoms with E-state index in [2.05, 4.69) is 10.6 Å². The highest BCUT2D eigenvalue weighted by atomic mass is 35.5. The molecule has 0 heterocycles. The molecule has 2 N–H and O–H groups in total. The number of carbonyl (C=O) groups is 2. The minimum atomic E-state index is -0.196. The van der Waals surface area contributed by atoms with Gasteiger partial charge in [0, 0.05) is 11.3 Å². The van der Waals surface area contributed by atoms with Crippen LogP contribution in [0.3, 0.4) is 0 Å². The van der Waals surface area contributed by atoms with Crippen LogP contribution in [0.2, 0.25) is 5.02 Å². The molecular weight excluding hydrogens is 288 g/mol. The fourth-order valence-corrected chi connectivity index (χ4v) is 1.95. The SMILES string of the molecule is CC(=O)c1ccc(NCC(=O)Nc2ccccc2Cl)cc1. The second-order valence-electron chi connectivity index (χ2n) is 4.52. The Balaban J connectivity index is 1.89. The van der Waals surface area contributed by atoms with E-state index in [1.807, 2.05) is 0 Å². The zero-order valence-electron chi connectivity index (χ0n) is 11.5. The number of benzene rings is 2. The predicted molar refractivity (Wildman–Crippen MR) is 85.0 cm³/mol. The Morgan fingerprint density at radius 2 is 1.71 bits per heavy atom. The van der Waals surface area contributed by atoms with Gasteiger partial charge >= 0.3 is 0 Å². The summed E-state index contributed by atoms with van der Waals surface area (Å²) in [5, 5.41) is 6.20. The molecule has 0 spiro atoms. The van der Waals surface area contributed by atoms with Crippen LogP contribution >= 0.6 is 11.6 Å². The molecule has 0 aromatic heterocycles. The van der Waals surface area contributed by atoms with E-state index in [1.165, 1.54) is 6.92 Å². The van der Waals surface area contributed by atoms with E-state index in [4.69, 9.17) is 11.6 Å². The van der Waals surface area contributed by atoms with Crippen LogP contribution < -0.4 is 10.6 Å². The van der Waals surface area contributed by atoms with Crippen molar-refractivity contribution in [1.29, 1.82) is 0 Å². The van der Waals surface area contributed by atoms with Crippen LogP contribution in [0, 0.1) is 0 Å². The molecule has 0 fully saturated rings. The van der Waals surface area contributed by atoms with Gasteiger partial charge in [-0.3, -0.25) is 9.59 Å². The number of carbonyl (C=O) groups excluding carboxylic acids is 2. The van der Waals surface area contributed by atoms with Crippen LogP contribution in [0.4, 0.5) is 11.4 Å². The summed E-state index contributed by atoms with van der Waals surface area (Å²) in [7, 11) is 0. The van der Waals surface area contributed by atoms with Gasteiger partial charge in [0.05, 0.1) is 17.3 Å². The third kappa shape index (κ3) is 4.33. The lowest BCUT2D eigenvalue weighted by molar-refractivity contribution is -0.114. The first kappa shape index (κ1) is 15.1. The molecule has 108 valence electrons. The van der Waals surface area contributed by atoms with Crippen molar-refractivity contribution in [2.75, 3.05) is 17.2 Å². The van der Waals surface area contributed by atoms with E-state index in [-0.39, 0.29) is 18.2 Å². The van der Waals surface area contributed by atoms with Crippen molar-refractivity contribution in [2.45, 2.75) is 6.92 Å². The Morgan fingerprint density at radius 3 is 2.33 bits per heavy atom. The van der Waals surface area contributed by atoms with E-state index in [9.17, 15) is 9.59 Å². The molecule has 2 aromatic rings. The van der Waals surface area contributed by atoms with Crippen LogP contribution in [-0.2, 0) is 4.79 Å². The fourth-order valence-electron chi connectivity index (χ4n) is 1.76. The van der Waals surface area contributed by atoms with Gasteiger partial charge in [0.1, 0.15) is 0 Å². The Hall–Kier alpha value is -2.33. The summed E-state index contributed by atoms with van der Waals surface area (Å²) in [4.78, 5) is 23.0. The quantitative estimate of drug-likeness (QED) is 0.830. The average molecular weight is 303 g/mol. The van der Waals surface area contributed by atoms with Crippen molar-refractivity contribution in [1.82, 2.24) is 0 Å². The van der Waals surface area contributed by atoms with Gasteiger partial charge in [0.2, 0.25) is 5.91 Å². The number of halogens is 1. The van der Waals surface area contributed by atoms with Crippen molar-refractivity contribution in [3.05, 3.63) is 59.1 Å². The third-order valence-corrected chi connectivity index (χ3v) is 3.22. The highest BCUT2D eigenvalue weighted by Gasteiger charge is 2.05. The van der Waals surface area contributed by atoms with Crippen LogP contribution in [0.1, 0.15) is 17.3 Å². The molecule has 4 nitrogen and oxygen atoms in total. The number of anilines is 2. The molecule has 0 bridgehead atoms. The number of para-hydroxylation sites is 1. The molecular formula is C16H15ClN2O2. The number of nitrogens with one attached hydrogen (secondary N) is 2. The summed E-state index contributed by atoms with van der Waals surface area (Å²) in [6.45, 7) is 1.63. The van der Waals surface area contributed by atoms with E-state index >= 15 is 0 Å². The minimum absolute atomic E-state index is 0.0120. The highest BCUT2D eigenvalue weighted by molar-refractivity contribution is 6.33. The van der Waals surface area contributed by atoms with E-state index < -0.39 is 0 Å². The monoisotopic (exact) mass is 302 g/mol. The Kier molecular flexibility index (Phi) is 4.95. The molecule has 21 heavy (non-hydrogen) atoms. The molecule has 5 heteroatoms. The normalized spacial score (nSPS) is 10.0. The van der Waals surface area contributed by atoms with E-state index in [0.717, 1.165) is 5.69 Å². The smallest absolute Gasteiger partial charge is 0.243 e. The first-order valence-corrected chi connectivity index (χ1v) is 6.83. The van der Waals surface area contributed by atoms with Crippen molar-refractivity contribution < 1.29 is 9.59 Å². The number of amides is 1. The van der Waals surface area contributed by atoms with Crippen LogP contribution in [0.5, 0.6) is 0 Å². The molecule has 0 aliphatic heterocycles. The zero-order chi connectivity index (χ0) is 15.2. The maximum absolute atomic E-state index is 11.8. The lowest BCUT2D eigenvalue weighted by Gasteiger charge is -2.09. The Morgan fingerprint density at radius 1 is 1.05 bits per heavy atom. The number of hydrogen-bond acceptors (Lipinski definition) is 3. The molecule has 0 saturated heterocycles. The molecule has 0 atom stereocenters. The summed E-state index contributed by atoms with van der Waals surface area (Å²) in [5.41, 5.74) is 1.99. The zero-order valence-corrected chi connectivity index (χ0v) is 12.3. The van der Waals surface area contributed by atoms with E-state index in [1.54, 1.807) is 48.5 Å². The lowest BCUT2D eigenvalue weighted by Crippen LogP contribution is -2.21. The molecule has 0 aliphatic rings. The first-order chi connectivity index (χ1) is 10.1. The van der Waals surface area contributed by atoms with Crippen LogP contribution in [0.25, 0.3) is 0 Å². The topological polar surface area (TPSA) is 58.2 Å². The summed E-state index contributed by atoms with van der Waals surface area (Å²) in [6, 6.07) is 14.0. The summed E-state index contributed by atoms with van der Waals surface area (Å²) >= 11 is 5.97. The average Bonchev–Trinajstić information content (AvgIpc) is 2.48. The predicted octanol–water partition coefficient (Wildman–Crippen LogP) is 3.59. The van der Waals surface area contributed by atoms with E-state index in [0.29, 0.717) is 16.3 Å². The molecule has 0 aliphatic carbocycles. The standard InChI is InChI=1S/C16H15ClN2O2/c1-11(20)12-6-8-13(9-7-12)18-10-16(21)19-15-5-3-2-4-14(15)17/h2-9,18H,10H2,1H3,(H,19,21). The molecule has 0 radical (unpaired) electrons. The number of ketones is 1. The van der Waals surface area contributed by atoms with Gasteiger partial charge in [-0.2, -0.15) is 0 Å². The Bertz CT molecular complexity index is 654. The van der Waals surface area contributed by atoms with Gasteiger partial charge in [0.15, 0.2) is 5.78 Å². The highest BCUT2D eigenvalue weighted by Crippen LogP contribution is 2.20. The number of rotatable bonds is 5. The summed E-state index contributed by atoms with van der Waals surface area (Å²) < 4.78 is 0. The maximum atomic E-state index is 11.8. The molecule has 0 saturated carbocycles. The largest absolute Gasteiger partial charge is 0.376 e. The second-order valence-corrected chi connectivity index (χ2v) is 4.92.